The Balaban J connectivity index is 2.53. The summed E-state index contributed by atoms with van der Waals surface area (Å²) in [7, 11) is 0. The van der Waals surface area contributed by atoms with Crippen molar-refractivity contribution >= 4 is 15.9 Å². The van der Waals surface area contributed by atoms with E-state index in [-0.39, 0.29) is 0 Å². The molecule has 4 heteroatoms. The third-order valence-corrected chi connectivity index (χ3v) is 2.86. The van der Waals surface area contributed by atoms with Gasteiger partial charge in [0.05, 0.1) is 12.2 Å². The number of hydrogen-bond donors (Lipinski definition) is 1. The smallest absolute Gasteiger partial charge is 0.142 e. The number of aryl methyl sites for hydroxylation is 1. The van der Waals surface area contributed by atoms with Crippen LogP contribution in [0, 0.1) is 6.92 Å². The lowest BCUT2D eigenvalue weighted by Crippen LogP contribution is -2.03. The molecule has 1 aromatic heterocycles. The van der Waals surface area contributed by atoms with Gasteiger partial charge in [0.15, 0.2) is 0 Å². The summed E-state index contributed by atoms with van der Waals surface area (Å²) >= 11 is 3.46. The van der Waals surface area contributed by atoms with Gasteiger partial charge in [-0.15, -0.1) is 0 Å². The van der Waals surface area contributed by atoms with E-state index in [1.165, 1.54) is 5.56 Å². The molecule has 2 rings (SSSR count). The third kappa shape index (κ3) is 2.28. The fourth-order valence-corrected chi connectivity index (χ4v) is 1.88. The average Bonchev–Trinajstić information content (AvgIpc) is 2.32. The lowest BCUT2D eigenvalue weighted by atomic mass is 10.1. The summed E-state index contributed by atoms with van der Waals surface area (Å²) in [6.45, 7) is 2.42. The van der Waals surface area contributed by atoms with Crippen molar-refractivity contribution in [1.82, 2.24) is 9.97 Å². The van der Waals surface area contributed by atoms with E-state index in [2.05, 4.69) is 45.0 Å². The highest BCUT2D eigenvalue weighted by Crippen LogP contribution is 2.24. The monoisotopic (exact) mass is 277 g/mol. The molecule has 1 aromatic carbocycles. The Bertz CT molecular complexity index is 511. The van der Waals surface area contributed by atoms with Gasteiger partial charge in [-0.05, 0) is 30.7 Å². The largest absolute Gasteiger partial charge is 0.324 e. The van der Waals surface area contributed by atoms with E-state index < -0.39 is 0 Å². The summed E-state index contributed by atoms with van der Waals surface area (Å²) in [5, 5.41) is 0. The normalized spacial score (nSPS) is 10.4. The molecule has 0 unspecified atom stereocenters. The van der Waals surface area contributed by atoms with Gasteiger partial charge in [-0.1, -0.05) is 22.0 Å². The fraction of sp³-hybridized carbons (Fsp3) is 0.167. The van der Waals surface area contributed by atoms with Gasteiger partial charge in [-0.3, -0.25) is 0 Å². The van der Waals surface area contributed by atoms with Crippen molar-refractivity contribution in [2.45, 2.75) is 13.5 Å². The molecule has 16 heavy (non-hydrogen) atoms. The molecule has 0 amide bonds. The molecule has 82 valence electrons. The minimum atomic E-state index is 0.362. The number of aromatic nitrogens is 2. The second kappa shape index (κ2) is 4.72. The zero-order valence-corrected chi connectivity index (χ0v) is 10.5. The van der Waals surface area contributed by atoms with Crippen LogP contribution < -0.4 is 5.73 Å². The fourth-order valence-electron chi connectivity index (χ4n) is 1.52. The van der Waals surface area contributed by atoms with E-state index in [1.54, 1.807) is 6.20 Å². The maximum Gasteiger partial charge on any atom is 0.142 e. The molecule has 2 N–H and O–H groups in total. The minimum absolute atomic E-state index is 0.362. The van der Waals surface area contributed by atoms with Gasteiger partial charge in [-0.2, -0.15) is 0 Å². The first-order valence-electron chi connectivity index (χ1n) is 4.99. The van der Waals surface area contributed by atoms with Crippen molar-refractivity contribution in [3.63, 3.8) is 0 Å². The van der Waals surface area contributed by atoms with Crippen molar-refractivity contribution in [3.05, 3.63) is 46.3 Å². The molecule has 0 aliphatic rings. The van der Waals surface area contributed by atoms with E-state index in [4.69, 9.17) is 5.73 Å². The lowest BCUT2D eigenvalue weighted by molar-refractivity contribution is 0.911. The minimum Gasteiger partial charge on any atom is -0.324 e. The standard InChI is InChI=1S/C12H12BrN3/c1-8-2-3-9(13)6-10(8)11-4-5-15-12(7-14)16-11/h2-6H,7,14H2,1H3. The van der Waals surface area contributed by atoms with Crippen molar-refractivity contribution in [2.24, 2.45) is 5.73 Å². The number of benzene rings is 1. The van der Waals surface area contributed by atoms with Crippen LogP contribution in [0.2, 0.25) is 0 Å². The van der Waals surface area contributed by atoms with Gasteiger partial charge in [0.1, 0.15) is 5.82 Å². The van der Waals surface area contributed by atoms with Crippen molar-refractivity contribution in [3.8, 4) is 11.3 Å². The Morgan fingerprint density at radius 2 is 2.12 bits per heavy atom. The molecule has 0 saturated heterocycles. The van der Waals surface area contributed by atoms with Crippen LogP contribution >= 0.6 is 15.9 Å². The zero-order valence-electron chi connectivity index (χ0n) is 8.94. The van der Waals surface area contributed by atoms with Crippen LogP contribution in [-0.4, -0.2) is 9.97 Å². The van der Waals surface area contributed by atoms with E-state index in [0.29, 0.717) is 12.4 Å². The van der Waals surface area contributed by atoms with E-state index in [0.717, 1.165) is 15.7 Å². The summed E-state index contributed by atoms with van der Waals surface area (Å²) in [6, 6.07) is 8.03. The second-order valence-corrected chi connectivity index (χ2v) is 4.44. The maximum atomic E-state index is 5.53. The second-order valence-electron chi connectivity index (χ2n) is 3.52. The highest BCUT2D eigenvalue weighted by atomic mass is 79.9. The quantitative estimate of drug-likeness (QED) is 0.918. The van der Waals surface area contributed by atoms with Gasteiger partial charge < -0.3 is 5.73 Å². The first-order valence-corrected chi connectivity index (χ1v) is 5.78. The summed E-state index contributed by atoms with van der Waals surface area (Å²) in [6.07, 6.45) is 1.74. The van der Waals surface area contributed by atoms with Crippen LogP contribution in [0.4, 0.5) is 0 Å². The number of hydrogen-bond acceptors (Lipinski definition) is 3. The Kier molecular flexibility index (Phi) is 3.31. The molecule has 1 heterocycles. The Morgan fingerprint density at radius 3 is 2.88 bits per heavy atom. The molecule has 0 atom stereocenters. The summed E-state index contributed by atoms with van der Waals surface area (Å²) in [5.41, 5.74) is 8.73. The predicted molar refractivity (Wildman–Crippen MR) is 67.8 cm³/mol. The summed E-state index contributed by atoms with van der Waals surface area (Å²) in [4.78, 5) is 8.49. The summed E-state index contributed by atoms with van der Waals surface area (Å²) < 4.78 is 1.04. The SMILES string of the molecule is Cc1ccc(Br)cc1-c1ccnc(CN)n1. The van der Waals surface area contributed by atoms with Crippen LogP contribution in [0.5, 0.6) is 0 Å². The molecular formula is C12H12BrN3. The molecule has 0 aliphatic heterocycles. The highest BCUT2D eigenvalue weighted by Gasteiger charge is 2.05. The molecule has 0 saturated carbocycles. The molecule has 0 bridgehead atoms. The molecule has 3 nitrogen and oxygen atoms in total. The average molecular weight is 278 g/mol. The molecule has 0 fully saturated rings. The summed E-state index contributed by atoms with van der Waals surface area (Å²) in [5.74, 6) is 0.664. The lowest BCUT2D eigenvalue weighted by Gasteiger charge is -2.06. The van der Waals surface area contributed by atoms with Gasteiger partial charge >= 0.3 is 0 Å². The number of nitrogens with zero attached hydrogens (tertiary/aromatic N) is 2. The number of rotatable bonds is 2. The van der Waals surface area contributed by atoms with Gasteiger partial charge in [0.2, 0.25) is 0 Å². The van der Waals surface area contributed by atoms with Gasteiger partial charge in [-0.25, -0.2) is 9.97 Å². The van der Waals surface area contributed by atoms with E-state index >= 15 is 0 Å². The van der Waals surface area contributed by atoms with E-state index in [9.17, 15) is 0 Å². The number of nitrogens with two attached hydrogens (primary N) is 1. The Hall–Kier alpha value is -1.26. The van der Waals surface area contributed by atoms with Gasteiger partial charge in [0, 0.05) is 16.2 Å². The third-order valence-electron chi connectivity index (χ3n) is 2.36. The van der Waals surface area contributed by atoms with Crippen LogP contribution in [0.15, 0.2) is 34.9 Å². The van der Waals surface area contributed by atoms with Gasteiger partial charge in [0.25, 0.3) is 0 Å². The molecular weight excluding hydrogens is 266 g/mol. The van der Waals surface area contributed by atoms with Crippen molar-refractivity contribution < 1.29 is 0 Å². The Labute approximate surface area is 103 Å². The maximum absolute atomic E-state index is 5.53. The van der Waals surface area contributed by atoms with Crippen LogP contribution in [0.25, 0.3) is 11.3 Å². The number of halogens is 1. The molecule has 2 aromatic rings. The van der Waals surface area contributed by atoms with Crippen LogP contribution in [0.3, 0.4) is 0 Å². The predicted octanol–water partition coefficient (Wildman–Crippen LogP) is 2.67. The molecule has 0 spiro atoms. The zero-order chi connectivity index (χ0) is 11.5. The van der Waals surface area contributed by atoms with Crippen molar-refractivity contribution in [1.29, 1.82) is 0 Å². The Morgan fingerprint density at radius 1 is 1.31 bits per heavy atom. The first-order chi connectivity index (χ1) is 7.70. The topological polar surface area (TPSA) is 51.8 Å². The van der Waals surface area contributed by atoms with Crippen LogP contribution in [0.1, 0.15) is 11.4 Å². The van der Waals surface area contributed by atoms with E-state index in [1.807, 2.05) is 12.1 Å². The highest BCUT2D eigenvalue weighted by molar-refractivity contribution is 9.10. The van der Waals surface area contributed by atoms with Crippen molar-refractivity contribution in [2.75, 3.05) is 0 Å². The van der Waals surface area contributed by atoms with Crippen LogP contribution in [-0.2, 0) is 6.54 Å². The molecule has 0 radical (unpaired) electrons. The first kappa shape index (κ1) is 11.2. The molecule has 0 aliphatic carbocycles.